The molecule has 3 aromatic rings. The lowest BCUT2D eigenvalue weighted by atomic mass is 10.2. The van der Waals surface area contributed by atoms with Gasteiger partial charge in [0.2, 0.25) is 0 Å². The molecule has 0 atom stereocenters. The Labute approximate surface area is 160 Å². The first-order valence-corrected chi connectivity index (χ1v) is 9.06. The van der Waals surface area contributed by atoms with Gasteiger partial charge in [0.05, 0.1) is 12.2 Å². The van der Waals surface area contributed by atoms with E-state index in [0.29, 0.717) is 5.69 Å². The molecule has 0 amide bonds. The highest BCUT2D eigenvalue weighted by Crippen LogP contribution is 2.43. The van der Waals surface area contributed by atoms with Crippen molar-refractivity contribution in [3.63, 3.8) is 0 Å². The minimum Gasteiger partial charge on any atom is -0.276 e. The molecule has 2 aromatic carbocycles. The second-order valence-corrected chi connectivity index (χ2v) is 7.27. The van der Waals surface area contributed by atoms with Crippen molar-refractivity contribution in [2.45, 2.75) is 25.3 Å². The molecule has 1 heterocycles. The molecule has 0 aliphatic heterocycles. The van der Waals surface area contributed by atoms with Gasteiger partial charge in [-0.25, -0.2) is 22.2 Å². The summed E-state index contributed by atoms with van der Waals surface area (Å²) in [4.78, 5) is 12.8. The lowest BCUT2D eigenvalue weighted by Gasteiger charge is -2.16. The van der Waals surface area contributed by atoms with E-state index in [4.69, 9.17) is 0 Å². The summed E-state index contributed by atoms with van der Waals surface area (Å²) in [5.41, 5.74) is -0.113. The Morgan fingerprint density at radius 1 is 0.963 bits per heavy atom. The van der Waals surface area contributed by atoms with E-state index in [0.717, 1.165) is 47.9 Å². The van der Waals surface area contributed by atoms with Crippen molar-refractivity contribution in [1.29, 1.82) is 0 Å². The zero-order chi connectivity index (χ0) is 19.3. The molecule has 0 unspecified atom stereocenters. The van der Waals surface area contributed by atoms with Gasteiger partial charge in [0.25, 0.3) is 5.56 Å². The molecule has 0 saturated heterocycles. The predicted molar refractivity (Wildman–Crippen MR) is 95.1 cm³/mol. The minimum absolute atomic E-state index is 0.0634. The predicted octanol–water partition coefficient (Wildman–Crippen LogP) is 4.88. The summed E-state index contributed by atoms with van der Waals surface area (Å²) < 4.78 is 58.1. The van der Waals surface area contributed by atoms with Gasteiger partial charge in [-0.05, 0) is 47.0 Å². The molecule has 0 radical (unpaired) electrons. The minimum atomic E-state index is -0.785. The van der Waals surface area contributed by atoms with Crippen LogP contribution in [-0.4, -0.2) is 9.36 Å². The Bertz CT molecular complexity index is 1100. The molecular weight excluding hydrogens is 428 g/mol. The second kappa shape index (κ2) is 6.67. The number of hydrogen-bond donors (Lipinski definition) is 0. The van der Waals surface area contributed by atoms with Gasteiger partial charge < -0.3 is 0 Å². The van der Waals surface area contributed by atoms with Gasteiger partial charge in [-0.1, -0.05) is 6.07 Å². The van der Waals surface area contributed by atoms with E-state index in [9.17, 15) is 22.4 Å². The van der Waals surface area contributed by atoms with E-state index in [1.54, 1.807) is 0 Å². The largest absolute Gasteiger partial charge is 0.286 e. The summed E-state index contributed by atoms with van der Waals surface area (Å²) in [6.45, 7) is -0.130. The number of hydrogen-bond acceptors (Lipinski definition) is 1. The van der Waals surface area contributed by atoms with Crippen LogP contribution >= 0.6 is 15.9 Å². The number of benzene rings is 2. The first kappa shape index (κ1) is 18.0. The van der Waals surface area contributed by atoms with E-state index < -0.39 is 28.8 Å². The maximum atomic E-state index is 14.4. The highest BCUT2D eigenvalue weighted by atomic mass is 79.9. The van der Waals surface area contributed by atoms with Crippen molar-refractivity contribution in [2.75, 3.05) is 0 Å². The topological polar surface area (TPSA) is 26.9 Å². The van der Waals surface area contributed by atoms with E-state index >= 15 is 0 Å². The van der Waals surface area contributed by atoms with E-state index in [1.165, 1.54) is 10.7 Å². The number of aromatic nitrogens is 2. The van der Waals surface area contributed by atoms with Gasteiger partial charge in [0.1, 0.15) is 33.4 Å². The third-order valence-corrected chi connectivity index (χ3v) is 5.31. The lowest BCUT2D eigenvalue weighted by molar-refractivity contribution is 0.510. The van der Waals surface area contributed by atoms with Gasteiger partial charge in [-0.2, -0.15) is 0 Å². The fourth-order valence-electron chi connectivity index (χ4n) is 3.13. The van der Waals surface area contributed by atoms with Crippen LogP contribution in [0.15, 0.2) is 45.7 Å². The zero-order valence-electron chi connectivity index (χ0n) is 13.9. The van der Waals surface area contributed by atoms with Gasteiger partial charge in [0.15, 0.2) is 0 Å². The van der Waals surface area contributed by atoms with Crippen LogP contribution in [0.4, 0.5) is 17.6 Å². The fourth-order valence-corrected chi connectivity index (χ4v) is 3.83. The Balaban J connectivity index is 1.95. The smallest absolute Gasteiger partial charge is 0.276 e. The quantitative estimate of drug-likeness (QED) is 0.531. The highest BCUT2D eigenvalue weighted by molar-refractivity contribution is 9.10. The van der Waals surface area contributed by atoms with E-state index in [-0.39, 0.29) is 28.2 Å². The van der Waals surface area contributed by atoms with Gasteiger partial charge in [0, 0.05) is 23.6 Å². The molecule has 8 heteroatoms. The average molecular weight is 441 g/mol. The highest BCUT2D eigenvalue weighted by Gasteiger charge is 2.33. The zero-order valence-corrected chi connectivity index (χ0v) is 15.4. The number of rotatable bonds is 4. The molecule has 1 saturated carbocycles. The molecule has 0 N–H and O–H groups in total. The molecule has 0 bridgehead atoms. The summed E-state index contributed by atoms with van der Waals surface area (Å²) in [5.74, 6) is -2.93. The van der Waals surface area contributed by atoms with Crippen LogP contribution in [0.1, 0.15) is 30.0 Å². The molecule has 1 aromatic heterocycles. The molecular formula is C19H13BrF4N2O. The molecule has 0 spiro atoms. The molecule has 27 heavy (non-hydrogen) atoms. The van der Waals surface area contributed by atoms with E-state index in [1.807, 2.05) is 0 Å². The molecule has 1 aliphatic carbocycles. The molecule has 140 valence electrons. The second-order valence-electron chi connectivity index (χ2n) is 6.48. The van der Waals surface area contributed by atoms with Crippen molar-refractivity contribution >= 4 is 15.9 Å². The summed E-state index contributed by atoms with van der Waals surface area (Å²) in [5, 5.41) is 0. The van der Waals surface area contributed by atoms with Crippen LogP contribution in [0.3, 0.4) is 0 Å². The van der Waals surface area contributed by atoms with Gasteiger partial charge >= 0.3 is 0 Å². The summed E-state index contributed by atoms with van der Waals surface area (Å²) in [6, 6.07) is 5.92. The maximum absolute atomic E-state index is 14.4. The van der Waals surface area contributed by atoms with Crippen molar-refractivity contribution in [2.24, 2.45) is 0 Å². The Kier molecular flexibility index (Phi) is 4.46. The fraction of sp³-hybridized carbons (Fsp3) is 0.211. The first-order chi connectivity index (χ1) is 12.9. The SMILES string of the molecule is O=c1c(Br)c(C2CC2)n(Cc2ccc(F)cc2F)n1-c1cc(F)ccc1F. The van der Waals surface area contributed by atoms with Crippen molar-refractivity contribution in [3.05, 3.63) is 85.8 Å². The third kappa shape index (κ3) is 3.22. The molecule has 1 aliphatic rings. The van der Waals surface area contributed by atoms with Crippen LogP contribution in [-0.2, 0) is 6.54 Å². The molecule has 4 rings (SSSR count). The Morgan fingerprint density at radius 3 is 2.30 bits per heavy atom. The van der Waals surface area contributed by atoms with Crippen molar-refractivity contribution in [3.8, 4) is 5.69 Å². The molecule has 1 fully saturated rings. The van der Waals surface area contributed by atoms with Gasteiger partial charge in [-0.15, -0.1) is 0 Å². The van der Waals surface area contributed by atoms with Crippen LogP contribution in [0.2, 0.25) is 0 Å². The van der Waals surface area contributed by atoms with Gasteiger partial charge in [-0.3, -0.25) is 9.48 Å². The van der Waals surface area contributed by atoms with Crippen molar-refractivity contribution in [1.82, 2.24) is 9.36 Å². The third-order valence-electron chi connectivity index (χ3n) is 4.56. The maximum Gasteiger partial charge on any atom is 0.286 e. The summed E-state index contributed by atoms with van der Waals surface area (Å²) in [7, 11) is 0. The summed E-state index contributed by atoms with van der Waals surface area (Å²) in [6.07, 6.45) is 1.67. The monoisotopic (exact) mass is 440 g/mol. The molecule has 3 nitrogen and oxygen atoms in total. The summed E-state index contributed by atoms with van der Waals surface area (Å²) >= 11 is 3.25. The Hall–Kier alpha value is -2.35. The average Bonchev–Trinajstić information content (AvgIpc) is 3.41. The van der Waals surface area contributed by atoms with Crippen molar-refractivity contribution < 1.29 is 17.6 Å². The van der Waals surface area contributed by atoms with Crippen LogP contribution in [0.25, 0.3) is 5.69 Å². The van der Waals surface area contributed by atoms with E-state index in [2.05, 4.69) is 15.9 Å². The standard InChI is InChI=1S/C19H13BrF4N2O/c20-17-18(10-1-2-10)25(9-11-3-4-12(21)7-15(11)24)26(19(17)27)16-8-13(22)5-6-14(16)23/h3-8,10H,1-2,9H2. The van der Waals surface area contributed by atoms with Crippen LogP contribution in [0, 0.1) is 23.3 Å². The number of halogens is 5. The lowest BCUT2D eigenvalue weighted by Crippen LogP contribution is -2.24. The Morgan fingerprint density at radius 2 is 1.63 bits per heavy atom. The van der Waals surface area contributed by atoms with Crippen LogP contribution < -0.4 is 5.56 Å². The normalized spacial score (nSPS) is 14.0. The van der Waals surface area contributed by atoms with Crippen LogP contribution in [0.5, 0.6) is 0 Å². The first-order valence-electron chi connectivity index (χ1n) is 8.27. The number of nitrogens with zero attached hydrogens (tertiary/aromatic N) is 2.